The van der Waals surface area contributed by atoms with Gasteiger partial charge < -0.3 is 5.32 Å². The highest BCUT2D eigenvalue weighted by Crippen LogP contribution is 2.36. The number of hydrogen-bond donors (Lipinski definition) is 1. The molecule has 1 N–H and O–H groups in total. The number of halogens is 1. The van der Waals surface area contributed by atoms with Crippen LogP contribution < -0.4 is 5.32 Å². The zero-order valence-corrected chi connectivity index (χ0v) is 8.45. The zero-order valence-electron chi connectivity index (χ0n) is 6.86. The summed E-state index contributed by atoms with van der Waals surface area (Å²) in [6.07, 6.45) is 3.91. The Kier molecular flexibility index (Phi) is 1.96. The van der Waals surface area contributed by atoms with Gasteiger partial charge >= 0.3 is 0 Å². The van der Waals surface area contributed by atoms with Crippen LogP contribution in [0.15, 0.2) is 11.3 Å². The van der Waals surface area contributed by atoms with Crippen LogP contribution in [0.5, 0.6) is 0 Å². The number of nitrogens with one attached hydrogen (secondary N) is 1. The van der Waals surface area contributed by atoms with Crippen molar-refractivity contribution in [3.05, 3.63) is 11.3 Å². The maximum absolute atomic E-state index is 3.70. The van der Waals surface area contributed by atoms with E-state index in [1.165, 1.54) is 25.8 Å². The molecule has 62 valence electrons. The molecule has 0 amide bonds. The highest BCUT2D eigenvalue weighted by atomic mass is 79.9. The van der Waals surface area contributed by atoms with Crippen LogP contribution >= 0.6 is 15.9 Å². The molecule has 0 spiro atoms. The Morgan fingerprint density at radius 1 is 1.55 bits per heavy atom. The van der Waals surface area contributed by atoms with Gasteiger partial charge in [-0.15, -0.1) is 0 Å². The van der Waals surface area contributed by atoms with Gasteiger partial charge in [0.1, 0.15) is 0 Å². The maximum Gasteiger partial charge on any atom is 0.0190 e. The summed E-state index contributed by atoms with van der Waals surface area (Å²) in [6, 6.07) is 0. The molecule has 1 saturated heterocycles. The summed E-state index contributed by atoms with van der Waals surface area (Å²) in [5.41, 5.74) is 3.13. The third-order valence-corrected chi connectivity index (χ3v) is 3.44. The Morgan fingerprint density at radius 2 is 2.36 bits per heavy atom. The van der Waals surface area contributed by atoms with Gasteiger partial charge in [-0.05, 0) is 26.2 Å². The highest BCUT2D eigenvalue weighted by molar-refractivity contribution is 9.09. The van der Waals surface area contributed by atoms with Gasteiger partial charge in [0.25, 0.3) is 0 Å². The molecule has 1 fully saturated rings. The lowest BCUT2D eigenvalue weighted by molar-refractivity contribution is 0.531. The number of allylic oxidation sites excluding steroid dienone is 2. The van der Waals surface area contributed by atoms with E-state index in [0.29, 0.717) is 0 Å². The third-order valence-electron chi connectivity index (χ3n) is 2.74. The first-order valence-corrected chi connectivity index (χ1v) is 5.26. The summed E-state index contributed by atoms with van der Waals surface area (Å²) < 4.78 is 0. The Labute approximate surface area is 76.4 Å². The molecule has 1 heterocycles. The van der Waals surface area contributed by atoms with E-state index in [2.05, 4.69) is 28.2 Å². The molecule has 1 nitrogen and oxygen atoms in total. The van der Waals surface area contributed by atoms with Gasteiger partial charge in [-0.25, -0.2) is 0 Å². The van der Waals surface area contributed by atoms with Crippen LogP contribution in [0.25, 0.3) is 0 Å². The second-order valence-electron chi connectivity index (χ2n) is 3.64. The Balaban J connectivity index is 2.23. The molecule has 2 unspecified atom stereocenters. The summed E-state index contributed by atoms with van der Waals surface area (Å²) in [4.78, 5) is 0.733. The minimum Gasteiger partial charge on any atom is -0.388 e. The second kappa shape index (κ2) is 2.81. The molecule has 2 rings (SSSR count). The predicted octanol–water partition coefficient (Wildman–Crippen LogP) is 2.43. The summed E-state index contributed by atoms with van der Waals surface area (Å²) in [5.74, 6) is 0.841. The van der Waals surface area contributed by atoms with Crippen LogP contribution in [0.2, 0.25) is 0 Å². The Morgan fingerprint density at radius 3 is 3.18 bits per heavy atom. The van der Waals surface area contributed by atoms with Crippen LogP contribution in [0.1, 0.15) is 26.2 Å². The van der Waals surface area contributed by atoms with E-state index in [1.807, 2.05) is 0 Å². The monoisotopic (exact) mass is 215 g/mol. The van der Waals surface area contributed by atoms with Gasteiger partial charge in [0.05, 0.1) is 0 Å². The van der Waals surface area contributed by atoms with Crippen LogP contribution in [0.3, 0.4) is 0 Å². The van der Waals surface area contributed by atoms with Gasteiger partial charge in [-0.2, -0.15) is 0 Å². The Bertz CT molecular complexity index is 198. The maximum atomic E-state index is 3.70. The van der Waals surface area contributed by atoms with Crippen molar-refractivity contribution < 1.29 is 0 Å². The molecule has 1 aliphatic heterocycles. The van der Waals surface area contributed by atoms with Gasteiger partial charge in [-0.1, -0.05) is 21.5 Å². The molecular formula is C9H14BrN. The first kappa shape index (κ1) is 7.66. The van der Waals surface area contributed by atoms with Crippen molar-refractivity contribution in [1.29, 1.82) is 0 Å². The normalized spacial score (nSPS) is 36.9. The molecule has 2 heteroatoms. The number of alkyl halides is 1. The van der Waals surface area contributed by atoms with Crippen molar-refractivity contribution in [2.24, 2.45) is 5.92 Å². The summed E-state index contributed by atoms with van der Waals surface area (Å²) in [7, 11) is 0. The fourth-order valence-corrected chi connectivity index (χ4v) is 3.18. The van der Waals surface area contributed by atoms with E-state index in [9.17, 15) is 0 Å². The predicted molar refractivity (Wildman–Crippen MR) is 50.8 cm³/mol. The average molecular weight is 216 g/mol. The van der Waals surface area contributed by atoms with Gasteiger partial charge in [-0.3, -0.25) is 0 Å². The number of rotatable bonds is 0. The molecule has 11 heavy (non-hydrogen) atoms. The molecule has 0 aromatic rings. The fourth-order valence-electron chi connectivity index (χ4n) is 2.24. The lowest BCUT2D eigenvalue weighted by atomic mass is 9.88. The van der Waals surface area contributed by atoms with Crippen LogP contribution in [0.4, 0.5) is 0 Å². The molecule has 0 aromatic carbocycles. The van der Waals surface area contributed by atoms with E-state index in [4.69, 9.17) is 0 Å². The molecule has 0 saturated carbocycles. The van der Waals surface area contributed by atoms with Gasteiger partial charge in [0, 0.05) is 23.0 Å². The molecule has 0 aromatic heterocycles. The van der Waals surface area contributed by atoms with Crippen molar-refractivity contribution in [2.75, 3.05) is 6.54 Å². The fraction of sp³-hybridized carbons (Fsp3) is 0.778. The topological polar surface area (TPSA) is 12.0 Å². The molecule has 2 aliphatic rings. The minimum absolute atomic E-state index is 0.733. The summed E-state index contributed by atoms with van der Waals surface area (Å²) in [5, 5.41) is 3.49. The van der Waals surface area contributed by atoms with Crippen LogP contribution in [-0.4, -0.2) is 11.4 Å². The SMILES string of the molecule is CC1=C2NCCC2CC(Br)C1. The largest absolute Gasteiger partial charge is 0.388 e. The van der Waals surface area contributed by atoms with E-state index in [-0.39, 0.29) is 0 Å². The molecule has 1 aliphatic carbocycles. The third kappa shape index (κ3) is 1.33. The van der Waals surface area contributed by atoms with E-state index < -0.39 is 0 Å². The molecule has 0 radical (unpaired) electrons. The average Bonchev–Trinajstić information content (AvgIpc) is 2.34. The smallest absolute Gasteiger partial charge is 0.0190 e. The quantitative estimate of drug-likeness (QED) is 0.613. The standard InChI is InChI=1S/C9H14BrN/c1-6-4-8(10)5-7-2-3-11-9(6)7/h7-8,11H,2-5H2,1H3. The first-order chi connectivity index (χ1) is 5.27. The van der Waals surface area contributed by atoms with E-state index in [1.54, 1.807) is 11.3 Å². The van der Waals surface area contributed by atoms with Gasteiger partial charge in [0.2, 0.25) is 0 Å². The second-order valence-corrected chi connectivity index (χ2v) is 4.94. The first-order valence-electron chi connectivity index (χ1n) is 4.35. The van der Waals surface area contributed by atoms with Crippen molar-refractivity contribution in [2.45, 2.75) is 31.0 Å². The van der Waals surface area contributed by atoms with Crippen LogP contribution in [0, 0.1) is 5.92 Å². The van der Waals surface area contributed by atoms with E-state index >= 15 is 0 Å². The zero-order chi connectivity index (χ0) is 7.84. The summed E-state index contributed by atoms with van der Waals surface area (Å²) >= 11 is 3.70. The van der Waals surface area contributed by atoms with Crippen LogP contribution in [-0.2, 0) is 0 Å². The molecule has 2 atom stereocenters. The van der Waals surface area contributed by atoms with E-state index in [0.717, 1.165) is 10.7 Å². The Hall–Kier alpha value is 0.0200. The van der Waals surface area contributed by atoms with Crippen molar-refractivity contribution >= 4 is 15.9 Å². The van der Waals surface area contributed by atoms with Gasteiger partial charge in [0.15, 0.2) is 0 Å². The minimum atomic E-state index is 0.733. The lowest BCUT2D eigenvalue weighted by Gasteiger charge is -2.24. The molecule has 0 bridgehead atoms. The number of hydrogen-bond acceptors (Lipinski definition) is 1. The highest BCUT2D eigenvalue weighted by Gasteiger charge is 2.29. The molecular weight excluding hydrogens is 202 g/mol. The van der Waals surface area contributed by atoms with Crippen molar-refractivity contribution in [1.82, 2.24) is 5.32 Å². The van der Waals surface area contributed by atoms with Crippen molar-refractivity contribution in [3.63, 3.8) is 0 Å². The summed E-state index contributed by atoms with van der Waals surface area (Å²) in [6.45, 7) is 3.45. The van der Waals surface area contributed by atoms with Crippen molar-refractivity contribution in [3.8, 4) is 0 Å². The lowest BCUT2D eigenvalue weighted by Crippen LogP contribution is -2.19. The number of fused-ring (bicyclic) bond motifs is 1.